The molecule has 0 bridgehead atoms. The van der Waals surface area contributed by atoms with Crippen LogP contribution in [-0.4, -0.2) is 83.0 Å². The van der Waals surface area contributed by atoms with E-state index in [4.69, 9.17) is 22.3 Å². The monoisotopic (exact) mass is 641 g/mol. The Morgan fingerprint density at radius 3 is 1.96 bits per heavy atom. The maximum atomic E-state index is 13.2. The first-order valence-corrected chi connectivity index (χ1v) is 14.9. The lowest BCUT2D eigenvalue weighted by Crippen LogP contribution is -2.56. The van der Waals surface area contributed by atoms with E-state index in [0.29, 0.717) is 30.5 Å². The molecule has 2 aromatic carbocycles. The third-order valence-electron chi connectivity index (χ3n) is 6.97. The molecular formula is C31H43N7O8. The van der Waals surface area contributed by atoms with Crippen LogP contribution in [0.2, 0.25) is 0 Å². The zero-order chi connectivity index (χ0) is 34.1. The van der Waals surface area contributed by atoms with Gasteiger partial charge in [-0.3, -0.25) is 28.8 Å². The molecule has 15 heteroatoms. The molecule has 0 aliphatic rings. The van der Waals surface area contributed by atoms with Crippen LogP contribution < -0.4 is 38.5 Å². The van der Waals surface area contributed by atoms with Gasteiger partial charge in [0.05, 0.1) is 12.6 Å². The molecule has 5 amide bonds. The summed E-state index contributed by atoms with van der Waals surface area (Å²) in [7, 11) is 0. The quantitative estimate of drug-likeness (QED) is 0.0759. The van der Waals surface area contributed by atoms with Crippen molar-refractivity contribution in [1.82, 2.24) is 21.3 Å². The van der Waals surface area contributed by atoms with Crippen LogP contribution in [0.25, 0.3) is 0 Å². The van der Waals surface area contributed by atoms with Crippen molar-refractivity contribution in [2.45, 2.75) is 69.1 Å². The Balaban J connectivity index is 2.06. The summed E-state index contributed by atoms with van der Waals surface area (Å²) in [5.74, 6) is -4.87. The van der Waals surface area contributed by atoms with E-state index in [2.05, 4.69) is 21.3 Å². The number of phenols is 1. The lowest BCUT2D eigenvalue weighted by atomic mass is 10.0. The molecule has 46 heavy (non-hydrogen) atoms. The van der Waals surface area contributed by atoms with Crippen LogP contribution in [0.5, 0.6) is 5.75 Å². The van der Waals surface area contributed by atoms with E-state index in [9.17, 15) is 33.9 Å². The number of carbonyl (C=O) groups is 6. The molecule has 0 radical (unpaired) electrons. The number of nitrogens with one attached hydrogen (secondary N) is 4. The van der Waals surface area contributed by atoms with Gasteiger partial charge >= 0.3 is 5.97 Å². The zero-order valence-corrected chi connectivity index (χ0v) is 25.4. The second-order valence-corrected chi connectivity index (χ2v) is 10.7. The number of hydrogen-bond acceptors (Lipinski definition) is 9. The number of primary amides is 1. The van der Waals surface area contributed by atoms with E-state index >= 15 is 0 Å². The molecule has 12 N–H and O–H groups in total. The number of carbonyl (C=O) groups excluding carboxylic acids is 5. The van der Waals surface area contributed by atoms with E-state index in [-0.39, 0.29) is 31.4 Å². The zero-order valence-electron chi connectivity index (χ0n) is 25.4. The fraction of sp³-hybridized carbons (Fsp3) is 0.419. The Kier molecular flexibility index (Phi) is 15.7. The minimum atomic E-state index is -1.32. The number of unbranched alkanes of at least 4 members (excludes halogenated alkanes) is 1. The molecule has 2 aromatic rings. The Morgan fingerprint density at radius 1 is 0.717 bits per heavy atom. The Bertz CT molecular complexity index is 1320. The van der Waals surface area contributed by atoms with E-state index in [0.717, 1.165) is 0 Å². The van der Waals surface area contributed by atoms with Gasteiger partial charge in [0.25, 0.3) is 0 Å². The molecule has 0 heterocycles. The number of aromatic hydroxyl groups is 1. The van der Waals surface area contributed by atoms with E-state index in [1.807, 2.05) is 0 Å². The highest BCUT2D eigenvalue weighted by Crippen LogP contribution is 2.11. The normalized spacial score (nSPS) is 13.3. The Morgan fingerprint density at radius 2 is 1.35 bits per heavy atom. The maximum absolute atomic E-state index is 13.2. The SMILES string of the molecule is NCCCC[C@H](NC(=O)[C@H](Cc1ccccc1)NC(=O)CNC(=O)[C@@H](CCC(=O)O)NC(=O)[C@@H](N)Cc1ccc(O)cc1)C(N)=O. The summed E-state index contributed by atoms with van der Waals surface area (Å²) in [5, 5.41) is 28.5. The second-order valence-electron chi connectivity index (χ2n) is 10.7. The fourth-order valence-corrected chi connectivity index (χ4v) is 4.44. The number of phenolic OH excluding ortho intramolecular Hbond substituents is 1. The molecule has 15 nitrogen and oxygen atoms in total. The highest BCUT2D eigenvalue weighted by atomic mass is 16.4. The van der Waals surface area contributed by atoms with Gasteiger partial charge in [0.15, 0.2) is 0 Å². The second kappa shape index (κ2) is 19.4. The van der Waals surface area contributed by atoms with Crippen molar-refractivity contribution in [3.05, 3.63) is 65.7 Å². The number of benzene rings is 2. The minimum Gasteiger partial charge on any atom is -0.508 e. The van der Waals surface area contributed by atoms with Gasteiger partial charge in [-0.2, -0.15) is 0 Å². The molecule has 0 aliphatic heterocycles. The Hall–Kier alpha value is -5.02. The summed E-state index contributed by atoms with van der Waals surface area (Å²) in [4.78, 5) is 74.9. The van der Waals surface area contributed by atoms with Gasteiger partial charge in [0.2, 0.25) is 29.5 Å². The van der Waals surface area contributed by atoms with Crippen LogP contribution in [0, 0.1) is 0 Å². The third-order valence-corrected chi connectivity index (χ3v) is 6.97. The van der Waals surface area contributed by atoms with E-state index in [1.54, 1.807) is 42.5 Å². The van der Waals surface area contributed by atoms with Gasteiger partial charge in [0.1, 0.15) is 23.9 Å². The number of aliphatic carboxylic acids is 1. The molecule has 0 fully saturated rings. The van der Waals surface area contributed by atoms with Crippen molar-refractivity contribution in [3.63, 3.8) is 0 Å². The number of rotatable bonds is 20. The summed E-state index contributed by atoms with van der Waals surface area (Å²) in [5.41, 5.74) is 18.3. The molecular weight excluding hydrogens is 598 g/mol. The number of hydrogen-bond donors (Lipinski definition) is 9. The highest BCUT2D eigenvalue weighted by Gasteiger charge is 2.28. The molecule has 0 saturated carbocycles. The highest BCUT2D eigenvalue weighted by molar-refractivity contribution is 5.94. The van der Waals surface area contributed by atoms with Gasteiger partial charge in [-0.1, -0.05) is 42.5 Å². The minimum absolute atomic E-state index is 0.0383. The molecule has 0 spiro atoms. The summed E-state index contributed by atoms with van der Waals surface area (Å²) in [6, 6.07) is 10.3. The Labute approximate surface area is 266 Å². The molecule has 0 aromatic heterocycles. The molecule has 250 valence electrons. The first-order valence-electron chi connectivity index (χ1n) is 14.9. The van der Waals surface area contributed by atoms with Gasteiger partial charge < -0.3 is 48.7 Å². The predicted molar refractivity (Wildman–Crippen MR) is 168 cm³/mol. The van der Waals surface area contributed by atoms with Crippen LogP contribution in [0.1, 0.15) is 43.2 Å². The van der Waals surface area contributed by atoms with E-state index in [1.165, 1.54) is 12.1 Å². The number of amides is 5. The average Bonchev–Trinajstić information content (AvgIpc) is 3.02. The van der Waals surface area contributed by atoms with Gasteiger partial charge in [-0.15, -0.1) is 0 Å². The predicted octanol–water partition coefficient (Wildman–Crippen LogP) is -1.45. The van der Waals surface area contributed by atoms with Crippen molar-refractivity contribution in [3.8, 4) is 5.75 Å². The third kappa shape index (κ3) is 13.7. The van der Waals surface area contributed by atoms with Crippen LogP contribution in [0.3, 0.4) is 0 Å². The van der Waals surface area contributed by atoms with Crippen LogP contribution in [-0.2, 0) is 41.6 Å². The van der Waals surface area contributed by atoms with Crippen molar-refractivity contribution in [1.29, 1.82) is 0 Å². The first kappa shape index (κ1) is 37.2. The number of nitrogens with two attached hydrogens (primary N) is 3. The maximum Gasteiger partial charge on any atom is 0.303 e. The van der Waals surface area contributed by atoms with Crippen molar-refractivity contribution >= 4 is 35.5 Å². The van der Waals surface area contributed by atoms with Gasteiger partial charge in [0, 0.05) is 12.8 Å². The topological polar surface area (TPSA) is 269 Å². The van der Waals surface area contributed by atoms with Crippen LogP contribution in [0.4, 0.5) is 0 Å². The summed E-state index contributed by atoms with van der Waals surface area (Å²) in [6.45, 7) is -0.197. The number of carboxylic acids is 1. The summed E-state index contributed by atoms with van der Waals surface area (Å²) in [6.07, 6.45) is 0.853. The van der Waals surface area contributed by atoms with E-state index < -0.39 is 72.6 Å². The van der Waals surface area contributed by atoms with Crippen LogP contribution >= 0.6 is 0 Å². The molecule has 0 aliphatic carbocycles. The molecule has 2 rings (SSSR count). The lowest BCUT2D eigenvalue weighted by Gasteiger charge is -2.23. The molecule has 4 atom stereocenters. The van der Waals surface area contributed by atoms with Crippen molar-refractivity contribution < 1.29 is 39.0 Å². The summed E-state index contributed by atoms with van der Waals surface area (Å²) < 4.78 is 0. The van der Waals surface area contributed by atoms with Crippen LogP contribution in [0.15, 0.2) is 54.6 Å². The number of carboxylic acid groups (broad SMARTS) is 1. The van der Waals surface area contributed by atoms with Crippen molar-refractivity contribution in [2.75, 3.05) is 13.1 Å². The lowest BCUT2D eigenvalue weighted by molar-refractivity contribution is -0.138. The molecule has 0 unspecified atom stereocenters. The largest absolute Gasteiger partial charge is 0.508 e. The van der Waals surface area contributed by atoms with Gasteiger partial charge in [-0.05, 0) is 61.9 Å². The summed E-state index contributed by atoms with van der Waals surface area (Å²) >= 11 is 0. The van der Waals surface area contributed by atoms with Crippen molar-refractivity contribution in [2.24, 2.45) is 17.2 Å². The smallest absolute Gasteiger partial charge is 0.303 e. The average molecular weight is 642 g/mol. The first-order chi connectivity index (χ1) is 21.9. The molecule has 0 saturated heterocycles. The van der Waals surface area contributed by atoms with Gasteiger partial charge in [-0.25, -0.2) is 0 Å². The standard InChI is InChI=1S/C31H43N7O8/c32-15-5-4-8-23(28(34)43)37-31(46)25(17-19-6-2-1-3-7-19)36-26(40)18-35-30(45)24(13-14-27(41)42)38-29(44)22(33)16-20-9-11-21(39)12-10-20/h1-3,6-7,9-12,22-25,39H,4-5,8,13-18,32-33H2,(H2,34,43)(H,35,45)(H,36,40)(H,37,46)(H,38,44)(H,41,42)/t22-,23-,24+,25-/m0/s1. The fourth-order valence-electron chi connectivity index (χ4n) is 4.44.